The number of carbonyl (C=O) groups is 3. The van der Waals surface area contributed by atoms with Gasteiger partial charge in [-0.05, 0) is 54.5 Å². The molecule has 0 aliphatic carbocycles. The molecule has 0 spiro atoms. The zero-order valence-electron chi connectivity index (χ0n) is 18.8. The van der Waals surface area contributed by atoms with E-state index in [1.807, 2.05) is 24.4 Å². The van der Waals surface area contributed by atoms with Gasteiger partial charge >= 0.3 is 5.97 Å². The Labute approximate surface area is 208 Å². The molecule has 2 heterocycles. The fourth-order valence-electron chi connectivity index (χ4n) is 4.06. The lowest BCUT2D eigenvalue weighted by atomic mass is 9.93. The maximum absolute atomic E-state index is 13.5. The second-order valence-corrected chi connectivity index (χ2v) is 9.67. The number of halogens is 2. The van der Waals surface area contributed by atoms with Gasteiger partial charge in [-0.2, -0.15) is 0 Å². The number of nitrogens with zero attached hydrogens (tertiary/aromatic N) is 2. The van der Waals surface area contributed by atoms with Crippen LogP contribution in [0.3, 0.4) is 0 Å². The van der Waals surface area contributed by atoms with E-state index < -0.39 is 5.97 Å². The van der Waals surface area contributed by atoms with E-state index >= 15 is 0 Å². The van der Waals surface area contributed by atoms with E-state index in [4.69, 9.17) is 27.9 Å². The molecule has 2 amide bonds. The normalized spacial score (nSPS) is 15.2. The molecule has 0 N–H and O–H groups in total. The molecule has 9 heteroatoms. The lowest BCUT2D eigenvalue weighted by Gasteiger charge is -2.38. The predicted molar refractivity (Wildman–Crippen MR) is 131 cm³/mol. The summed E-state index contributed by atoms with van der Waals surface area (Å²) in [4.78, 5) is 42.5. The minimum absolute atomic E-state index is 0.00602. The van der Waals surface area contributed by atoms with E-state index in [-0.39, 0.29) is 43.8 Å². The zero-order valence-corrected chi connectivity index (χ0v) is 21.1. The van der Waals surface area contributed by atoms with Gasteiger partial charge in [0.05, 0.1) is 25.6 Å². The number of esters is 1. The molecule has 1 aromatic carbocycles. The van der Waals surface area contributed by atoms with Crippen molar-refractivity contribution in [2.75, 3.05) is 26.2 Å². The summed E-state index contributed by atoms with van der Waals surface area (Å²) < 4.78 is 4.91. The topological polar surface area (TPSA) is 66.9 Å². The molecular weight excluding hydrogens is 483 g/mol. The highest BCUT2D eigenvalue weighted by atomic mass is 35.5. The van der Waals surface area contributed by atoms with Crippen LogP contribution in [0.2, 0.25) is 10.0 Å². The molecule has 0 fully saturated rings. The van der Waals surface area contributed by atoms with Crippen molar-refractivity contribution in [3.8, 4) is 0 Å². The maximum atomic E-state index is 13.5. The largest absolute Gasteiger partial charge is 0.466 e. The zero-order chi connectivity index (χ0) is 24.0. The number of hydrogen-bond acceptors (Lipinski definition) is 5. The van der Waals surface area contributed by atoms with Gasteiger partial charge in [-0.3, -0.25) is 14.4 Å². The summed E-state index contributed by atoms with van der Waals surface area (Å²) in [5, 5.41) is 3.06. The second-order valence-electron chi connectivity index (χ2n) is 7.82. The van der Waals surface area contributed by atoms with Crippen LogP contribution in [0, 0.1) is 0 Å². The van der Waals surface area contributed by atoms with Gasteiger partial charge in [-0.25, -0.2) is 0 Å². The van der Waals surface area contributed by atoms with Crippen LogP contribution in [-0.4, -0.2) is 53.8 Å². The maximum Gasteiger partial charge on any atom is 0.306 e. The van der Waals surface area contributed by atoms with Crippen molar-refractivity contribution < 1.29 is 19.1 Å². The van der Waals surface area contributed by atoms with E-state index in [0.717, 1.165) is 17.5 Å². The summed E-state index contributed by atoms with van der Waals surface area (Å²) in [5.41, 5.74) is 1.86. The lowest BCUT2D eigenvalue weighted by molar-refractivity contribution is -0.146. The highest BCUT2D eigenvalue weighted by Crippen LogP contribution is 2.41. The van der Waals surface area contributed by atoms with Crippen LogP contribution in [0.1, 0.15) is 55.2 Å². The molecule has 6 nitrogen and oxygen atoms in total. The number of rotatable bonds is 9. The first-order valence-electron chi connectivity index (χ1n) is 11.1. The van der Waals surface area contributed by atoms with Gasteiger partial charge in [0.15, 0.2) is 0 Å². The Hall–Kier alpha value is -2.09. The molecule has 1 atom stereocenters. The minimum Gasteiger partial charge on any atom is -0.466 e. The summed E-state index contributed by atoms with van der Waals surface area (Å²) in [7, 11) is 0. The predicted octanol–water partition coefficient (Wildman–Crippen LogP) is 5.11. The first-order chi connectivity index (χ1) is 15.8. The summed E-state index contributed by atoms with van der Waals surface area (Å²) in [6.45, 7) is 4.88. The van der Waals surface area contributed by atoms with Crippen molar-refractivity contribution in [3.05, 3.63) is 55.7 Å². The number of carbonyl (C=O) groups excluding carboxylic acids is 3. The highest BCUT2D eigenvalue weighted by molar-refractivity contribution is 7.10. The Morgan fingerprint density at radius 3 is 2.64 bits per heavy atom. The van der Waals surface area contributed by atoms with Gasteiger partial charge in [-0.1, -0.05) is 36.2 Å². The minimum atomic E-state index is -0.410. The molecule has 0 bridgehead atoms. The van der Waals surface area contributed by atoms with E-state index in [1.54, 1.807) is 35.3 Å². The third-order valence-electron chi connectivity index (χ3n) is 5.56. The van der Waals surface area contributed by atoms with Crippen molar-refractivity contribution in [1.82, 2.24) is 9.80 Å². The Bertz CT molecular complexity index is 1010. The van der Waals surface area contributed by atoms with Gasteiger partial charge in [0.2, 0.25) is 11.8 Å². The fraction of sp³-hybridized carbons (Fsp3) is 0.458. The highest BCUT2D eigenvalue weighted by Gasteiger charge is 2.35. The lowest BCUT2D eigenvalue weighted by Crippen LogP contribution is -2.47. The van der Waals surface area contributed by atoms with Crippen molar-refractivity contribution in [2.24, 2.45) is 0 Å². The summed E-state index contributed by atoms with van der Waals surface area (Å²) in [5.74, 6) is -0.791. The molecule has 2 aromatic rings. The van der Waals surface area contributed by atoms with E-state index in [9.17, 15) is 14.4 Å². The van der Waals surface area contributed by atoms with Crippen molar-refractivity contribution in [1.29, 1.82) is 0 Å². The number of amides is 2. The molecule has 1 aromatic heterocycles. The van der Waals surface area contributed by atoms with Crippen LogP contribution in [-0.2, 0) is 25.5 Å². The number of thiophene rings is 1. The van der Waals surface area contributed by atoms with Crippen LogP contribution >= 0.6 is 34.5 Å². The Morgan fingerprint density at radius 1 is 1.15 bits per heavy atom. The molecule has 1 aliphatic heterocycles. The van der Waals surface area contributed by atoms with Gasteiger partial charge in [0.25, 0.3) is 0 Å². The third kappa shape index (κ3) is 6.28. The van der Waals surface area contributed by atoms with Crippen molar-refractivity contribution >= 4 is 52.3 Å². The van der Waals surface area contributed by atoms with E-state index in [1.165, 1.54) is 9.78 Å². The smallest absolute Gasteiger partial charge is 0.306 e. The molecule has 0 saturated carbocycles. The molecule has 3 rings (SSSR count). The summed E-state index contributed by atoms with van der Waals surface area (Å²) in [6, 6.07) is 7.01. The third-order valence-corrected chi connectivity index (χ3v) is 7.12. The van der Waals surface area contributed by atoms with Crippen LogP contribution in [0.4, 0.5) is 0 Å². The standard InChI is InChI=1S/C24H28Cl2N2O4S/c1-3-11-27(21(29)7-8-23(31)32-4-2)15-22(30)28-12-9-20-18(10-13-33-20)24(28)17-6-5-16(25)14-19(17)26/h5-6,10,13-14,24H,3-4,7-9,11-12,15H2,1-2H3. The summed E-state index contributed by atoms with van der Waals surface area (Å²) in [6.07, 6.45) is 1.49. The van der Waals surface area contributed by atoms with Gasteiger partial charge in [-0.15, -0.1) is 11.3 Å². The molecule has 178 valence electrons. The Balaban J connectivity index is 1.81. The Kier molecular flexibility index (Phi) is 9.18. The summed E-state index contributed by atoms with van der Waals surface area (Å²) >= 11 is 14.3. The molecule has 1 unspecified atom stereocenters. The van der Waals surface area contributed by atoms with E-state index in [0.29, 0.717) is 29.6 Å². The van der Waals surface area contributed by atoms with Crippen molar-refractivity contribution in [3.63, 3.8) is 0 Å². The Morgan fingerprint density at radius 2 is 1.94 bits per heavy atom. The van der Waals surface area contributed by atoms with Gasteiger partial charge in [0.1, 0.15) is 0 Å². The average molecular weight is 511 g/mol. The number of hydrogen-bond donors (Lipinski definition) is 0. The van der Waals surface area contributed by atoms with Crippen LogP contribution in [0.15, 0.2) is 29.6 Å². The molecular formula is C24H28Cl2N2O4S. The fourth-order valence-corrected chi connectivity index (χ4v) is 5.48. The van der Waals surface area contributed by atoms with Crippen molar-refractivity contribution in [2.45, 2.75) is 45.6 Å². The number of fused-ring (bicyclic) bond motifs is 1. The molecule has 0 saturated heterocycles. The monoisotopic (exact) mass is 510 g/mol. The van der Waals surface area contributed by atoms with E-state index in [2.05, 4.69) is 0 Å². The second kappa shape index (κ2) is 11.9. The van der Waals surface area contributed by atoms with Crippen LogP contribution in [0.25, 0.3) is 0 Å². The number of benzene rings is 1. The molecule has 33 heavy (non-hydrogen) atoms. The van der Waals surface area contributed by atoms with Gasteiger partial charge < -0.3 is 14.5 Å². The number of ether oxygens (including phenoxy) is 1. The quantitative estimate of drug-likeness (QED) is 0.439. The van der Waals surface area contributed by atoms with Gasteiger partial charge in [0, 0.05) is 34.4 Å². The van der Waals surface area contributed by atoms with Crippen LogP contribution in [0.5, 0.6) is 0 Å². The average Bonchev–Trinajstić information content (AvgIpc) is 3.26. The molecule has 0 radical (unpaired) electrons. The first kappa shape index (κ1) is 25.5. The SMILES string of the molecule is CCCN(CC(=O)N1CCc2sccc2C1c1ccc(Cl)cc1Cl)C(=O)CCC(=O)OCC. The van der Waals surface area contributed by atoms with Crippen LogP contribution < -0.4 is 0 Å². The first-order valence-corrected chi connectivity index (χ1v) is 12.7. The molecule has 1 aliphatic rings.